The summed E-state index contributed by atoms with van der Waals surface area (Å²) in [5, 5.41) is 3.06. The summed E-state index contributed by atoms with van der Waals surface area (Å²) in [6, 6.07) is 17.9. The van der Waals surface area contributed by atoms with Crippen molar-refractivity contribution in [2.45, 2.75) is 37.6 Å². The van der Waals surface area contributed by atoms with E-state index in [-0.39, 0.29) is 17.9 Å². The number of imidazole rings is 1. The first-order valence-electron chi connectivity index (χ1n) is 10.4. The van der Waals surface area contributed by atoms with Gasteiger partial charge < -0.3 is 15.2 Å². The molecule has 3 aromatic rings. The number of anilines is 1. The summed E-state index contributed by atoms with van der Waals surface area (Å²) < 4.78 is 0. The average Bonchev–Trinajstić information content (AvgIpc) is 3.44. The Labute approximate surface area is 175 Å². The maximum Gasteiger partial charge on any atom is 0.272 e. The molecule has 6 heteroatoms. The molecular formula is C24H24N4O2. The van der Waals surface area contributed by atoms with Crippen molar-refractivity contribution in [1.82, 2.24) is 14.9 Å². The molecule has 2 aliphatic rings. The molecule has 2 atom stereocenters. The molecule has 152 valence electrons. The summed E-state index contributed by atoms with van der Waals surface area (Å²) >= 11 is 0. The highest BCUT2D eigenvalue weighted by Crippen LogP contribution is 2.49. The van der Waals surface area contributed by atoms with E-state index >= 15 is 0 Å². The maximum atomic E-state index is 13.4. The number of aromatic nitrogens is 2. The molecule has 3 heterocycles. The number of para-hydroxylation sites is 1. The number of H-pyrrole nitrogens is 1. The number of carbonyl (C=O) groups excluding carboxylic acids is 2. The van der Waals surface area contributed by atoms with Crippen molar-refractivity contribution < 1.29 is 9.59 Å². The Morgan fingerprint density at radius 2 is 1.93 bits per heavy atom. The van der Waals surface area contributed by atoms with E-state index in [1.807, 2.05) is 54.3 Å². The van der Waals surface area contributed by atoms with Crippen LogP contribution in [0.3, 0.4) is 0 Å². The van der Waals surface area contributed by atoms with E-state index in [9.17, 15) is 9.59 Å². The number of carbonyl (C=O) groups is 2. The van der Waals surface area contributed by atoms with Gasteiger partial charge in [-0.2, -0.15) is 0 Å². The molecule has 1 saturated heterocycles. The third-order valence-corrected chi connectivity index (χ3v) is 6.50. The number of hydrogen-bond acceptors (Lipinski definition) is 3. The number of nitrogens with one attached hydrogen (secondary N) is 2. The minimum absolute atomic E-state index is 0.00199. The summed E-state index contributed by atoms with van der Waals surface area (Å²) in [7, 11) is 0. The van der Waals surface area contributed by atoms with Crippen LogP contribution in [0.2, 0.25) is 0 Å². The minimum Gasteiger partial charge on any atom is -0.338 e. The van der Waals surface area contributed by atoms with E-state index in [4.69, 9.17) is 0 Å². The Hall–Kier alpha value is -3.41. The summed E-state index contributed by atoms with van der Waals surface area (Å²) in [6.45, 7) is 2.37. The normalized spacial score (nSPS) is 22.4. The number of nitrogens with zero attached hydrogens (tertiary/aromatic N) is 2. The zero-order valence-corrected chi connectivity index (χ0v) is 16.9. The first-order valence-corrected chi connectivity index (χ1v) is 10.4. The lowest BCUT2D eigenvalue weighted by Gasteiger charge is -2.34. The van der Waals surface area contributed by atoms with Crippen LogP contribution in [0.1, 0.15) is 40.3 Å². The first-order chi connectivity index (χ1) is 14.6. The van der Waals surface area contributed by atoms with Gasteiger partial charge in [-0.1, -0.05) is 48.5 Å². The van der Waals surface area contributed by atoms with Crippen LogP contribution in [0.25, 0.3) is 0 Å². The largest absolute Gasteiger partial charge is 0.338 e. The van der Waals surface area contributed by atoms with E-state index in [2.05, 4.69) is 27.4 Å². The predicted octanol–water partition coefficient (Wildman–Crippen LogP) is 3.46. The fourth-order valence-corrected chi connectivity index (χ4v) is 5.08. The molecule has 0 saturated carbocycles. The molecule has 1 fully saturated rings. The highest BCUT2D eigenvalue weighted by atomic mass is 16.2. The monoisotopic (exact) mass is 400 g/mol. The Balaban J connectivity index is 1.54. The van der Waals surface area contributed by atoms with Gasteiger partial charge in [0, 0.05) is 12.2 Å². The van der Waals surface area contributed by atoms with Crippen LogP contribution in [-0.4, -0.2) is 39.3 Å². The second-order valence-electron chi connectivity index (χ2n) is 8.14. The second-order valence-corrected chi connectivity index (χ2v) is 8.14. The number of aromatic amines is 1. The molecule has 2 N–H and O–H groups in total. The van der Waals surface area contributed by atoms with E-state index in [0.29, 0.717) is 30.9 Å². The van der Waals surface area contributed by atoms with E-state index in [1.165, 1.54) is 5.56 Å². The predicted molar refractivity (Wildman–Crippen MR) is 114 cm³/mol. The van der Waals surface area contributed by atoms with Gasteiger partial charge in [-0.25, -0.2) is 4.98 Å². The van der Waals surface area contributed by atoms with Crippen molar-refractivity contribution in [2.24, 2.45) is 0 Å². The number of benzene rings is 2. The molecule has 0 unspecified atom stereocenters. The van der Waals surface area contributed by atoms with Gasteiger partial charge in [0.1, 0.15) is 11.5 Å². The fourth-order valence-electron chi connectivity index (χ4n) is 5.08. The molecule has 30 heavy (non-hydrogen) atoms. The number of hydrogen-bond donors (Lipinski definition) is 2. The number of amides is 2. The number of aryl methyl sites for hydroxylation is 2. The van der Waals surface area contributed by atoms with Crippen LogP contribution in [0, 0.1) is 6.92 Å². The molecule has 6 nitrogen and oxygen atoms in total. The van der Waals surface area contributed by atoms with Gasteiger partial charge in [0.05, 0.1) is 17.7 Å². The van der Waals surface area contributed by atoms with Crippen LogP contribution in [0.4, 0.5) is 5.69 Å². The fraction of sp³-hybridized carbons (Fsp3) is 0.292. The molecule has 0 aliphatic carbocycles. The molecule has 0 radical (unpaired) electrons. The molecule has 2 aliphatic heterocycles. The number of rotatable bonds is 4. The lowest BCUT2D eigenvalue weighted by molar-refractivity contribution is -0.121. The van der Waals surface area contributed by atoms with Crippen molar-refractivity contribution in [2.75, 3.05) is 11.9 Å². The lowest BCUT2D eigenvalue weighted by atomic mass is 9.73. The van der Waals surface area contributed by atoms with Gasteiger partial charge in [0.15, 0.2) is 0 Å². The van der Waals surface area contributed by atoms with E-state index < -0.39 is 5.41 Å². The number of likely N-dealkylation sites (tertiary alicyclic amines) is 1. The molecule has 0 bridgehead atoms. The third-order valence-electron chi connectivity index (χ3n) is 6.50. The van der Waals surface area contributed by atoms with Crippen molar-refractivity contribution in [1.29, 1.82) is 0 Å². The smallest absolute Gasteiger partial charge is 0.272 e. The summed E-state index contributed by atoms with van der Waals surface area (Å²) in [5.74, 6) is 0.609. The maximum absolute atomic E-state index is 13.4. The first kappa shape index (κ1) is 18.6. The summed E-state index contributed by atoms with van der Waals surface area (Å²) in [4.78, 5) is 35.8. The lowest BCUT2D eigenvalue weighted by Crippen LogP contribution is -2.49. The van der Waals surface area contributed by atoms with Crippen LogP contribution in [-0.2, 0) is 16.6 Å². The highest BCUT2D eigenvalue weighted by molar-refractivity contribution is 6.08. The Morgan fingerprint density at radius 3 is 2.70 bits per heavy atom. The van der Waals surface area contributed by atoms with Crippen molar-refractivity contribution >= 4 is 17.5 Å². The van der Waals surface area contributed by atoms with Crippen molar-refractivity contribution in [3.05, 3.63) is 83.4 Å². The SMILES string of the molecule is Cc1ncc(C(=O)N2CC[C@@]3(C(=O)Nc4ccccc43)[C@@H]2CCc2ccccc2)[nH]1. The van der Waals surface area contributed by atoms with Gasteiger partial charge in [-0.3, -0.25) is 9.59 Å². The van der Waals surface area contributed by atoms with Gasteiger partial charge >= 0.3 is 0 Å². The van der Waals surface area contributed by atoms with Crippen LogP contribution >= 0.6 is 0 Å². The molecule has 2 amide bonds. The van der Waals surface area contributed by atoms with Gasteiger partial charge in [0.25, 0.3) is 5.91 Å². The second kappa shape index (κ2) is 7.13. The standard InChI is InChI=1S/C24H24N4O2/c1-16-25-15-20(26-16)22(29)28-14-13-24(18-9-5-6-10-19(18)27-23(24)30)21(28)12-11-17-7-3-2-4-8-17/h2-10,15,21H,11-14H2,1H3,(H,25,26)(H,27,30)/t21-,24-/m0/s1. The Morgan fingerprint density at radius 1 is 1.17 bits per heavy atom. The van der Waals surface area contributed by atoms with Gasteiger partial charge in [0.2, 0.25) is 5.91 Å². The Kier molecular flexibility index (Phi) is 4.42. The Bertz CT molecular complexity index is 1110. The minimum atomic E-state index is -0.712. The van der Waals surface area contributed by atoms with Crippen molar-refractivity contribution in [3.63, 3.8) is 0 Å². The van der Waals surface area contributed by atoms with E-state index in [0.717, 1.165) is 17.7 Å². The van der Waals surface area contributed by atoms with Gasteiger partial charge in [-0.15, -0.1) is 0 Å². The zero-order chi connectivity index (χ0) is 20.7. The van der Waals surface area contributed by atoms with Crippen LogP contribution < -0.4 is 5.32 Å². The van der Waals surface area contributed by atoms with Crippen LogP contribution in [0.15, 0.2) is 60.8 Å². The van der Waals surface area contributed by atoms with E-state index in [1.54, 1.807) is 6.20 Å². The summed E-state index contributed by atoms with van der Waals surface area (Å²) in [6.07, 6.45) is 3.72. The average molecular weight is 400 g/mol. The molecular weight excluding hydrogens is 376 g/mol. The highest BCUT2D eigenvalue weighted by Gasteiger charge is 2.58. The topological polar surface area (TPSA) is 78.1 Å². The van der Waals surface area contributed by atoms with Crippen molar-refractivity contribution in [3.8, 4) is 0 Å². The quantitative estimate of drug-likeness (QED) is 0.704. The third kappa shape index (κ3) is 2.83. The molecule has 1 aromatic heterocycles. The summed E-state index contributed by atoms with van der Waals surface area (Å²) in [5.41, 5.74) is 2.83. The molecule has 1 spiro atoms. The van der Waals surface area contributed by atoms with Gasteiger partial charge in [-0.05, 0) is 43.4 Å². The number of fused-ring (bicyclic) bond motifs is 2. The van der Waals surface area contributed by atoms with Crippen LogP contribution in [0.5, 0.6) is 0 Å². The molecule has 5 rings (SSSR count). The molecule has 2 aromatic carbocycles. The zero-order valence-electron chi connectivity index (χ0n) is 16.9.